The van der Waals surface area contributed by atoms with Crippen molar-refractivity contribution in [1.29, 1.82) is 0 Å². The van der Waals surface area contributed by atoms with E-state index in [1.165, 1.54) is 0 Å². The molecule has 1 atom stereocenters. The normalized spacial score (nSPS) is 12.8. The van der Waals surface area contributed by atoms with Crippen LogP contribution in [0.3, 0.4) is 0 Å². The molecular weight excluding hydrogens is 236 g/mol. The van der Waals surface area contributed by atoms with E-state index in [0.29, 0.717) is 5.02 Å². The van der Waals surface area contributed by atoms with E-state index in [0.717, 1.165) is 22.8 Å². The zero-order valence-corrected chi connectivity index (χ0v) is 10.9. The van der Waals surface area contributed by atoms with Gasteiger partial charge in [0.25, 0.3) is 0 Å². The van der Waals surface area contributed by atoms with Gasteiger partial charge in [-0.3, -0.25) is 4.98 Å². The molecule has 2 N–H and O–H groups in total. The minimum Gasteiger partial charge on any atom is -0.323 e. The lowest BCUT2D eigenvalue weighted by molar-refractivity contribution is 0.770. The van der Waals surface area contributed by atoms with Crippen LogP contribution in [0.1, 0.15) is 30.0 Å². The molecule has 0 saturated carbocycles. The molecular formula is C12H15ClN4. The van der Waals surface area contributed by atoms with Crippen LogP contribution in [0, 0.1) is 13.8 Å². The highest BCUT2D eigenvalue weighted by Gasteiger charge is 2.11. The maximum atomic E-state index is 6.11. The van der Waals surface area contributed by atoms with Crippen molar-refractivity contribution in [3.05, 3.63) is 40.4 Å². The number of rotatable bonds is 2. The molecule has 0 amide bonds. The van der Waals surface area contributed by atoms with Gasteiger partial charge >= 0.3 is 0 Å². The molecule has 0 fully saturated rings. The minimum absolute atomic E-state index is 0.0620. The molecule has 1 unspecified atom stereocenters. The van der Waals surface area contributed by atoms with Gasteiger partial charge in [-0.1, -0.05) is 11.6 Å². The van der Waals surface area contributed by atoms with Crippen molar-refractivity contribution in [2.24, 2.45) is 5.73 Å². The SMILES string of the molecule is Cc1nn(-c2ccc(C(C)N)nc2)c(C)c1Cl. The standard InChI is InChI=1S/C12H15ClN4/c1-7(14)11-5-4-10(6-15-11)17-9(3)12(13)8(2)16-17/h4-7H,14H2,1-3H3. The number of aromatic nitrogens is 3. The van der Waals surface area contributed by atoms with E-state index in [2.05, 4.69) is 10.1 Å². The summed E-state index contributed by atoms with van der Waals surface area (Å²) in [5, 5.41) is 5.06. The smallest absolute Gasteiger partial charge is 0.0848 e. The highest BCUT2D eigenvalue weighted by molar-refractivity contribution is 6.31. The molecule has 2 heterocycles. The maximum absolute atomic E-state index is 6.11. The molecule has 0 radical (unpaired) electrons. The van der Waals surface area contributed by atoms with Gasteiger partial charge in [0.15, 0.2) is 0 Å². The Morgan fingerprint density at radius 2 is 2.06 bits per heavy atom. The quantitative estimate of drug-likeness (QED) is 0.891. The van der Waals surface area contributed by atoms with Crippen molar-refractivity contribution < 1.29 is 0 Å². The first-order chi connectivity index (χ1) is 8.00. The summed E-state index contributed by atoms with van der Waals surface area (Å²) in [5.74, 6) is 0. The fourth-order valence-electron chi connectivity index (χ4n) is 1.67. The average Bonchev–Trinajstić information content (AvgIpc) is 2.57. The molecule has 0 saturated heterocycles. The van der Waals surface area contributed by atoms with Crippen LogP contribution < -0.4 is 5.73 Å². The summed E-state index contributed by atoms with van der Waals surface area (Å²) in [6.07, 6.45) is 1.76. The third-order valence-electron chi connectivity index (χ3n) is 2.68. The lowest BCUT2D eigenvalue weighted by Crippen LogP contribution is -2.08. The van der Waals surface area contributed by atoms with Crippen LogP contribution >= 0.6 is 11.6 Å². The molecule has 0 aromatic carbocycles. The van der Waals surface area contributed by atoms with E-state index in [-0.39, 0.29) is 6.04 Å². The van der Waals surface area contributed by atoms with Crippen LogP contribution in [0.4, 0.5) is 0 Å². The zero-order chi connectivity index (χ0) is 12.6. The highest BCUT2D eigenvalue weighted by atomic mass is 35.5. The van der Waals surface area contributed by atoms with Gasteiger partial charge in [-0.25, -0.2) is 4.68 Å². The Labute approximate surface area is 105 Å². The molecule has 17 heavy (non-hydrogen) atoms. The van der Waals surface area contributed by atoms with E-state index < -0.39 is 0 Å². The molecule has 0 bridgehead atoms. The maximum Gasteiger partial charge on any atom is 0.0848 e. The Morgan fingerprint density at radius 1 is 1.35 bits per heavy atom. The van der Waals surface area contributed by atoms with Crippen LogP contribution in [0.15, 0.2) is 18.3 Å². The van der Waals surface area contributed by atoms with Gasteiger partial charge in [-0.15, -0.1) is 0 Å². The van der Waals surface area contributed by atoms with Crippen molar-refractivity contribution in [3.63, 3.8) is 0 Å². The van der Waals surface area contributed by atoms with Crippen molar-refractivity contribution in [1.82, 2.24) is 14.8 Å². The topological polar surface area (TPSA) is 56.7 Å². The molecule has 2 aromatic rings. The predicted molar refractivity (Wildman–Crippen MR) is 68.4 cm³/mol. The van der Waals surface area contributed by atoms with Crippen molar-refractivity contribution in [3.8, 4) is 5.69 Å². The van der Waals surface area contributed by atoms with Crippen LogP contribution in [0.5, 0.6) is 0 Å². The fraction of sp³-hybridized carbons (Fsp3) is 0.333. The first kappa shape index (κ1) is 12.1. The van der Waals surface area contributed by atoms with Crippen LogP contribution in [0.2, 0.25) is 5.02 Å². The summed E-state index contributed by atoms with van der Waals surface area (Å²) in [4.78, 5) is 4.31. The molecule has 0 aliphatic rings. The second-order valence-corrected chi connectivity index (χ2v) is 4.50. The lowest BCUT2D eigenvalue weighted by Gasteiger charge is -2.07. The van der Waals surface area contributed by atoms with Gasteiger partial charge in [0, 0.05) is 6.04 Å². The molecule has 4 nitrogen and oxygen atoms in total. The lowest BCUT2D eigenvalue weighted by atomic mass is 10.2. The number of nitrogens with two attached hydrogens (primary N) is 1. The molecule has 5 heteroatoms. The average molecular weight is 251 g/mol. The van der Waals surface area contributed by atoms with Gasteiger partial charge in [0.2, 0.25) is 0 Å². The van der Waals surface area contributed by atoms with Gasteiger partial charge < -0.3 is 5.73 Å². The van der Waals surface area contributed by atoms with Gasteiger partial charge in [0.05, 0.1) is 34.0 Å². The first-order valence-corrected chi connectivity index (χ1v) is 5.82. The second kappa shape index (κ2) is 4.47. The molecule has 2 rings (SSSR count). The summed E-state index contributed by atoms with van der Waals surface area (Å²) in [5.41, 5.74) is 9.24. The van der Waals surface area contributed by atoms with Crippen LogP contribution in [-0.4, -0.2) is 14.8 Å². The van der Waals surface area contributed by atoms with Crippen LogP contribution in [0.25, 0.3) is 5.69 Å². The Balaban J connectivity index is 2.43. The molecule has 90 valence electrons. The van der Waals surface area contributed by atoms with Gasteiger partial charge in [0.1, 0.15) is 0 Å². The Kier molecular flexibility index (Phi) is 3.17. The van der Waals surface area contributed by atoms with Crippen molar-refractivity contribution >= 4 is 11.6 Å². The zero-order valence-electron chi connectivity index (χ0n) is 10.1. The second-order valence-electron chi connectivity index (χ2n) is 4.13. The van der Waals surface area contributed by atoms with E-state index >= 15 is 0 Å². The summed E-state index contributed by atoms with van der Waals surface area (Å²) in [7, 11) is 0. The summed E-state index contributed by atoms with van der Waals surface area (Å²) in [6, 6.07) is 3.79. The third kappa shape index (κ3) is 2.18. The van der Waals surface area contributed by atoms with E-state index in [4.69, 9.17) is 17.3 Å². The van der Waals surface area contributed by atoms with E-state index in [1.54, 1.807) is 10.9 Å². The fourth-order valence-corrected chi connectivity index (χ4v) is 1.79. The van der Waals surface area contributed by atoms with Gasteiger partial charge in [-0.2, -0.15) is 5.10 Å². The predicted octanol–water partition coefficient (Wildman–Crippen LogP) is 2.56. The molecule has 0 aliphatic heterocycles. The highest BCUT2D eigenvalue weighted by Crippen LogP contribution is 2.22. The Bertz CT molecular complexity index is 528. The summed E-state index contributed by atoms with van der Waals surface area (Å²) >= 11 is 6.11. The molecule has 2 aromatic heterocycles. The van der Waals surface area contributed by atoms with Crippen LogP contribution in [-0.2, 0) is 0 Å². The minimum atomic E-state index is -0.0620. The Morgan fingerprint density at radius 3 is 2.47 bits per heavy atom. The van der Waals surface area contributed by atoms with Crippen molar-refractivity contribution in [2.45, 2.75) is 26.8 Å². The number of pyridine rings is 1. The Hall–Kier alpha value is -1.39. The number of aryl methyl sites for hydroxylation is 1. The molecule has 0 spiro atoms. The number of hydrogen-bond donors (Lipinski definition) is 1. The van der Waals surface area contributed by atoms with Crippen molar-refractivity contribution in [2.75, 3.05) is 0 Å². The van der Waals surface area contributed by atoms with E-state index in [9.17, 15) is 0 Å². The number of halogens is 1. The number of nitrogens with zero attached hydrogens (tertiary/aromatic N) is 3. The molecule has 0 aliphatic carbocycles. The first-order valence-electron chi connectivity index (χ1n) is 5.44. The van der Waals surface area contributed by atoms with Gasteiger partial charge in [-0.05, 0) is 32.9 Å². The number of hydrogen-bond acceptors (Lipinski definition) is 3. The largest absolute Gasteiger partial charge is 0.323 e. The monoisotopic (exact) mass is 250 g/mol. The summed E-state index contributed by atoms with van der Waals surface area (Å²) in [6.45, 7) is 5.72. The summed E-state index contributed by atoms with van der Waals surface area (Å²) < 4.78 is 1.79. The van der Waals surface area contributed by atoms with E-state index in [1.807, 2.05) is 32.9 Å². The third-order valence-corrected chi connectivity index (χ3v) is 3.23.